The Hall–Kier alpha value is -2.57. The van der Waals surface area contributed by atoms with Gasteiger partial charge in [-0.25, -0.2) is 0 Å². The zero-order valence-electron chi connectivity index (χ0n) is 11.3. The summed E-state index contributed by atoms with van der Waals surface area (Å²) in [7, 11) is 1.89. The van der Waals surface area contributed by atoms with Gasteiger partial charge in [0.25, 0.3) is 0 Å². The third-order valence-corrected chi connectivity index (χ3v) is 2.76. The first-order chi connectivity index (χ1) is 9.83. The van der Waals surface area contributed by atoms with E-state index in [-0.39, 0.29) is 0 Å². The second-order valence-electron chi connectivity index (χ2n) is 4.23. The molecule has 1 N–H and O–H groups in total. The molecule has 20 heavy (non-hydrogen) atoms. The minimum absolute atomic E-state index is 0.623. The molecular formula is C17H16N2O. The van der Waals surface area contributed by atoms with Crippen molar-refractivity contribution >= 4 is 5.76 Å². The molecule has 0 unspecified atom stereocenters. The Labute approximate surface area is 119 Å². The summed E-state index contributed by atoms with van der Waals surface area (Å²) >= 11 is 0. The predicted octanol–water partition coefficient (Wildman–Crippen LogP) is 3.20. The number of ether oxygens (including phenoxy) is 1. The normalized spacial score (nSPS) is 10.9. The quantitative estimate of drug-likeness (QED) is 0.843. The molecule has 2 rings (SSSR count). The molecule has 2 aromatic carbocycles. The van der Waals surface area contributed by atoms with Gasteiger partial charge in [0.05, 0.1) is 11.6 Å². The predicted molar refractivity (Wildman–Crippen MR) is 80.1 cm³/mol. The lowest BCUT2D eigenvalue weighted by Crippen LogP contribution is -2.07. The van der Waals surface area contributed by atoms with Crippen molar-refractivity contribution in [1.29, 1.82) is 5.26 Å². The fourth-order valence-electron chi connectivity index (χ4n) is 1.74. The number of hydrogen-bond donors (Lipinski definition) is 1. The van der Waals surface area contributed by atoms with Crippen molar-refractivity contribution in [1.82, 2.24) is 5.32 Å². The van der Waals surface area contributed by atoms with Crippen molar-refractivity contribution in [3.8, 4) is 11.8 Å². The highest BCUT2D eigenvalue weighted by molar-refractivity contribution is 5.62. The van der Waals surface area contributed by atoms with Crippen LogP contribution in [0, 0.1) is 11.3 Å². The van der Waals surface area contributed by atoms with Gasteiger partial charge in [0.1, 0.15) is 11.5 Å². The molecule has 0 spiro atoms. The summed E-state index contributed by atoms with van der Waals surface area (Å²) in [4.78, 5) is 0. The van der Waals surface area contributed by atoms with Crippen LogP contribution in [0.5, 0.6) is 5.75 Å². The largest absolute Gasteiger partial charge is 0.457 e. The minimum atomic E-state index is 0.623. The minimum Gasteiger partial charge on any atom is -0.457 e. The lowest BCUT2D eigenvalue weighted by Gasteiger charge is -2.10. The van der Waals surface area contributed by atoms with Crippen molar-refractivity contribution < 1.29 is 4.74 Å². The summed E-state index contributed by atoms with van der Waals surface area (Å²) in [6, 6.07) is 19.1. The molecule has 0 saturated heterocycles. The van der Waals surface area contributed by atoms with Crippen LogP contribution < -0.4 is 10.1 Å². The number of nitrogens with zero attached hydrogens (tertiary/aromatic N) is 1. The van der Waals surface area contributed by atoms with Crippen LogP contribution in [0.2, 0.25) is 0 Å². The molecule has 0 radical (unpaired) electrons. The van der Waals surface area contributed by atoms with Crippen LogP contribution in [0.15, 0.2) is 60.7 Å². The first kappa shape index (κ1) is 13.9. The fraction of sp³-hybridized carbons (Fsp3) is 0.118. The monoisotopic (exact) mass is 264 g/mol. The highest BCUT2D eigenvalue weighted by Crippen LogP contribution is 2.21. The van der Waals surface area contributed by atoms with Gasteiger partial charge in [-0.2, -0.15) is 5.26 Å². The molecule has 3 nitrogen and oxygen atoms in total. The number of rotatable bonds is 5. The zero-order valence-corrected chi connectivity index (χ0v) is 11.3. The van der Waals surface area contributed by atoms with E-state index in [1.54, 1.807) is 24.3 Å². The Morgan fingerprint density at radius 1 is 1.15 bits per heavy atom. The summed E-state index contributed by atoms with van der Waals surface area (Å²) in [6.45, 7) is 0.723. The Morgan fingerprint density at radius 3 is 2.45 bits per heavy atom. The lowest BCUT2D eigenvalue weighted by molar-refractivity contribution is 0.513. The topological polar surface area (TPSA) is 45.0 Å². The fourth-order valence-corrected chi connectivity index (χ4v) is 1.74. The Morgan fingerprint density at radius 2 is 1.85 bits per heavy atom. The van der Waals surface area contributed by atoms with Crippen LogP contribution in [0.3, 0.4) is 0 Å². The summed E-state index contributed by atoms with van der Waals surface area (Å²) in [6.07, 6.45) is 1.99. The molecule has 2 aromatic rings. The third-order valence-electron chi connectivity index (χ3n) is 2.76. The van der Waals surface area contributed by atoms with E-state index in [2.05, 4.69) is 11.4 Å². The Bertz CT molecular complexity index is 610. The number of likely N-dealkylation sites (N-methyl/N-ethyl adjacent to an activating group) is 1. The molecule has 100 valence electrons. The summed E-state index contributed by atoms with van der Waals surface area (Å²) < 4.78 is 5.91. The molecule has 0 bridgehead atoms. The van der Waals surface area contributed by atoms with Crippen molar-refractivity contribution in [2.45, 2.75) is 0 Å². The smallest absolute Gasteiger partial charge is 0.131 e. The van der Waals surface area contributed by atoms with Gasteiger partial charge in [-0.05, 0) is 37.4 Å². The Kier molecular flexibility index (Phi) is 4.94. The molecule has 0 fully saturated rings. The molecule has 0 aliphatic rings. The van der Waals surface area contributed by atoms with Crippen LogP contribution >= 0.6 is 0 Å². The van der Waals surface area contributed by atoms with Crippen molar-refractivity contribution in [2.75, 3.05) is 13.6 Å². The highest BCUT2D eigenvalue weighted by atomic mass is 16.5. The number of nitriles is 1. The van der Waals surface area contributed by atoms with E-state index in [0.717, 1.165) is 23.6 Å². The van der Waals surface area contributed by atoms with E-state index in [1.165, 1.54) is 0 Å². The molecule has 0 aliphatic carbocycles. The highest BCUT2D eigenvalue weighted by Gasteiger charge is 2.04. The second-order valence-corrected chi connectivity index (χ2v) is 4.23. The second kappa shape index (κ2) is 7.13. The van der Waals surface area contributed by atoms with Crippen molar-refractivity contribution in [3.63, 3.8) is 0 Å². The van der Waals surface area contributed by atoms with Crippen LogP contribution in [-0.2, 0) is 0 Å². The van der Waals surface area contributed by atoms with E-state index in [1.807, 2.05) is 43.5 Å². The van der Waals surface area contributed by atoms with Crippen LogP contribution in [-0.4, -0.2) is 13.6 Å². The van der Waals surface area contributed by atoms with Gasteiger partial charge in [0, 0.05) is 12.1 Å². The number of hydrogen-bond acceptors (Lipinski definition) is 3. The van der Waals surface area contributed by atoms with Crippen molar-refractivity contribution in [3.05, 3.63) is 71.8 Å². The van der Waals surface area contributed by atoms with E-state index < -0.39 is 0 Å². The van der Waals surface area contributed by atoms with Gasteiger partial charge in [-0.3, -0.25) is 0 Å². The van der Waals surface area contributed by atoms with Crippen molar-refractivity contribution in [2.24, 2.45) is 0 Å². The maximum Gasteiger partial charge on any atom is 0.131 e. The standard InChI is InChI=1S/C17H16N2O/c1-19-12-11-17(15-5-3-2-4-6-15)20-16-9-7-14(13-18)8-10-16/h2-11,19H,12H2,1H3/b17-11+. The molecule has 0 atom stereocenters. The maximum absolute atomic E-state index is 8.79. The van der Waals surface area contributed by atoms with Gasteiger partial charge in [-0.15, -0.1) is 0 Å². The van der Waals surface area contributed by atoms with Crippen LogP contribution in [0.1, 0.15) is 11.1 Å². The lowest BCUT2D eigenvalue weighted by atomic mass is 10.1. The van der Waals surface area contributed by atoms with Gasteiger partial charge >= 0.3 is 0 Å². The van der Waals surface area contributed by atoms with Gasteiger partial charge in [-0.1, -0.05) is 30.3 Å². The summed E-state index contributed by atoms with van der Waals surface area (Å²) in [5.41, 5.74) is 1.64. The van der Waals surface area contributed by atoms with E-state index >= 15 is 0 Å². The van der Waals surface area contributed by atoms with E-state index in [4.69, 9.17) is 10.00 Å². The number of benzene rings is 2. The molecular weight excluding hydrogens is 248 g/mol. The molecule has 0 saturated carbocycles. The molecule has 0 aromatic heterocycles. The molecule has 0 aliphatic heterocycles. The first-order valence-electron chi connectivity index (χ1n) is 6.41. The summed E-state index contributed by atoms with van der Waals surface area (Å²) in [5, 5.41) is 11.9. The van der Waals surface area contributed by atoms with Gasteiger partial charge in [0.2, 0.25) is 0 Å². The van der Waals surface area contributed by atoms with E-state index in [9.17, 15) is 0 Å². The average Bonchev–Trinajstić information content (AvgIpc) is 2.53. The molecule has 3 heteroatoms. The third kappa shape index (κ3) is 3.71. The molecule has 0 heterocycles. The maximum atomic E-state index is 8.79. The van der Waals surface area contributed by atoms with Gasteiger partial charge in [0.15, 0.2) is 0 Å². The van der Waals surface area contributed by atoms with Gasteiger partial charge < -0.3 is 10.1 Å². The zero-order chi connectivity index (χ0) is 14.2. The van der Waals surface area contributed by atoms with Crippen LogP contribution in [0.25, 0.3) is 5.76 Å². The summed E-state index contributed by atoms with van der Waals surface area (Å²) in [5.74, 6) is 1.51. The average molecular weight is 264 g/mol. The Balaban J connectivity index is 2.22. The van der Waals surface area contributed by atoms with Crippen LogP contribution in [0.4, 0.5) is 0 Å². The molecule has 0 amide bonds. The number of nitrogens with one attached hydrogen (secondary N) is 1. The van der Waals surface area contributed by atoms with E-state index in [0.29, 0.717) is 5.56 Å². The first-order valence-corrected chi connectivity index (χ1v) is 6.41. The SMILES string of the molecule is CNC/C=C(/Oc1ccc(C#N)cc1)c1ccccc1.